The van der Waals surface area contributed by atoms with Gasteiger partial charge in [0.2, 0.25) is 0 Å². The number of aliphatic carboxylic acids is 1. The quantitative estimate of drug-likeness (QED) is 0.818. The molecular formula is C12H12O3. The molecule has 1 aromatic carbocycles. The van der Waals surface area contributed by atoms with Crippen molar-refractivity contribution in [3.8, 4) is 0 Å². The van der Waals surface area contributed by atoms with Gasteiger partial charge in [0, 0.05) is 5.39 Å². The number of carbonyl (C=O) groups is 1. The zero-order valence-corrected chi connectivity index (χ0v) is 8.65. The second-order valence-electron chi connectivity index (χ2n) is 4.08. The molecule has 0 saturated heterocycles. The zero-order valence-electron chi connectivity index (χ0n) is 8.65. The van der Waals surface area contributed by atoms with Gasteiger partial charge in [-0.2, -0.15) is 0 Å². The predicted molar refractivity (Wildman–Crippen MR) is 56.9 cm³/mol. The molecule has 15 heavy (non-hydrogen) atoms. The highest BCUT2D eigenvalue weighted by atomic mass is 16.4. The number of carboxylic acid groups (broad SMARTS) is 1. The van der Waals surface area contributed by atoms with Crippen LogP contribution in [0.2, 0.25) is 0 Å². The van der Waals surface area contributed by atoms with Gasteiger partial charge in [0.1, 0.15) is 16.8 Å². The van der Waals surface area contributed by atoms with Crippen LogP contribution in [0.3, 0.4) is 0 Å². The van der Waals surface area contributed by atoms with Crippen molar-refractivity contribution in [1.29, 1.82) is 0 Å². The van der Waals surface area contributed by atoms with Crippen molar-refractivity contribution in [3.63, 3.8) is 0 Å². The molecule has 2 aromatic rings. The lowest BCUT2D eigenvalue weighted by Gasteiger charge is -2.15. The van der Waals surface area contributed by atoms with Crippen molar-refractivity contribution in [3.05, 3.63) is 36.1 Å². The highest BCUT2D eigenvalue weighted by Gasteiger charge is 2.33. The van der Waals surface area contributed by atoms with Crippen molar-refractivity contribution in [2.24, 2.45) is 0 Å². The van der Waals surface area contributed by atoms with E-state index in [9.17, 15) is 4.79 Å². The summed E-state index contributed by atoms with van der Waals surface area (Å²) in [5.74, 6) is -0.405. The Kier molecular flexibility index (Phi) is 2.03. The molecule has 0 aliphatic carbocycles. The van der Waals surface area contributed by atoms with E-state index in [1.54, 1.807) is 19.9 Å². The minimum Gasteiger partial charge on any atom is -0.481 e. The number of furan rings is 1. The Bertz CT molecular complexity index is 475. The Morgan fingerprint density at radius 2 is 2.00 bits per heavy atom. The van der Waals surface area contributed by atoms with E-state index < -0.39 is 11.4 Å². The fourth-order valence-corrected chi connectivity index (χ4v) is 1.40. The maximum atomic E-state index is 11.0. The van der Waals surface area contributed by atoms with E-state index >= 15 is 0 Å². The summed E-state index contributed by atoms with van der Waals surface area (Å²) in [4.78, 5) is 11.0. The van der Waals surface area contributed by atoms with Crippen LogP contribution in [0.5, 0.6) is 0 Å². The molecule has 1 aromatic heterocycles. The molecule has 2 rings (SSSR count). The van der Waals surface area contributed by atoms with Gasteiger partial charge >= 0.3 is 5.97 Å². The van der Waals surface area contributed by atoms with E-state index in [1.165, 1.54) is 0 Å². The number of para-hydroxylation sites is 1. The van der Waals surface area contributed by atoms with Crippen molar-refractivity contribution in [2.75, 3.05) is 0 Å². The number of hydrogen-bond donors (Lipinski definition) is 1. The van der Waals surface area contributed by atoms with Crippen molar-refractivity contribution in [1.82, 2.24) is 0 Å². The molecule has 0 unspecified atom stereocenters. The van der Waals surface area contributed by atoms with Crippen molar-refractivity contribution < 1.29 is 14.3 Å². The number of rotatable bonds is 2. The Morgan fingerprint density at radius 1 is 1.33 bits per heavy atom. The van der Waals surface area contributed by atoms with Crippen LogP contribution in [0.25, 0.3) is 11.0 Å². The summed E-state index contributed by atoms with van der Waals surface area (Å²) < 4.78 is 5.51. The van der Waals surface area contributed by atoms with Crippen molar-refractivity contribution >= 4 is 16.9 Å². The third-order valence-electron chi connectivity index (χ3n) is 2.58. The summed E-state index contributed by atoms with van der Waals surface area (Å²) >= 11 is 0. The number of benzene rings is 1. The summed E-state index contributed by atoms with van der Waals surface area (Å²) in [5, 5.41) is 9.99. The maximum Gasteiger partial charge on any atom is 0.316 e. The summed E-state index contributed by atoms with van der Waals surface area (Å²) in [6, 6.07) is 9.28. The minimum absolute atomic E-state index is 0.483. The van der Waals surface area contributed by atoms with Crippen LogP contribution >= 0.6 is 0 Å². The van der Waals surface area contributed by atoms with Gasteiger partial charge in [0.05, 0.1) is 0 Å². The van der Waals surface area contributed by atoms with E-state index in [0.29, 0.717) is 5.76 Å². The first-order chi connectivity index (χ1) is 7.01. The SMILES string of the molecule is CC(C)(C(=O)O)c1cc2ccccc2o1. The second kappa shape index (κ2) is 3.12. The first-order valence-corrected chi connectivity index (χ1v) is 4.74. The maximum absolute atomic E-state index is 11.0. The van der Waals surface area contributed by atoms with E-state index in [-0.39, 0.29) is 0 Å². The van der Waals surface area contributed by atoms with Crippen LogP contribution < -0.4 is 0 Å². The molecule has 0 aliphatic heterocycles. The molecule has 1 heterocycles. The van der Waals surface area contributed by atoms with Gasteiger partial charge in [-0.1, -0.05) is 18.2 Å². The molecule has 1 N–H and O–H groups in total. The lowest BCUT2D eigenvalue weighted by molar-refractivity contribution is -0.143. The standard InChI is InChI=1S/C12H12O3/c1-12(2,11(13)14)10-7-8-5-3-4-6-9(8)15-10/h3-7H,1-2H3,(H,13,14). The average molecular weight is 204 g/mol. The zero-order chi connectivity index (χ0) is 11.1. The second-order valence-corrected chi connectivity index (χ2v) is 4.08. The van der Waals surface area contributed by atoms with Crippen molar-refractivity contribution in [2.45, 2.75) is 19.3 Å². The normalized spacial score (nSPS) is 11.9. The molecule has 0 atom stereocenters. The summed E-state index contributed by atoms with van der Waals surface area (Å²) in [6.45, 7) is 3.26. The Labute approximate surface area is 87.3 Å². The Balaban J connectivity index is 2.58. The lowest BCUT2D eigenvalue weighted by Crippen LogP contribution is -2.27. The highest BCUT2D eigenvalue weighted by Crippen LogP contribution is 2.29. The average Bonchev–Trinajstić information content (AvgIpc) is 2.61. The van der Waals surface area contributed by atoms with Gasteiger partial charge in [-0.3, -0.25) is 4.79 Å². The first-order valence-electron chi connectivity index (χ1n) is 4.74. The van der Waals surface area contributed by atoms with Gasteiger partial charge in [-0.05, 0) is 26.0 Å². The van der Waals surface area contributed by atoms with Gasteiger partial charge in [0.15, 0.2) is 0 Å². The van der Waals surface area contributed by atoms with Gasteiger partial charge in [-0.25, -0.2) is 0 Å². The molecule has 0 bridgehead atoms. The number of fused-ring (bicyclic) bond motifs is 1. The van der Waals surface area contributed by atoms with Crippen LogP contribution in [0.1, 0.15) is 19.6 Å². The molecule has 0 saturated carbocycles. The fourth-order valence-electron chi connectivity index (χ4n) is 1.40. The summed E-state index contributed by atoms with van der Waals surface area (Å²) in [5.41, 5.74) is -0.263. The molecule has 0 spiro atoms. The molecule has 0 aliphatic rings. The molecule has 78 valence electrons. The minimum atomic E-state index is -0.987. The third kappa shape index (κ3) is 1.50. The molecule has 0 fully saturated rings. The third-order valence-corrected chi connectivity index (χ3v) is 2.58. The number of carboxylic acids is 1. The van der Waals surface area contributed by atoms with Gasteiger partial charge in [0.25, 0.3) is 0 Å². The first kappa shape index (κ1) is 9.77. The van der Waals surface area contributed by atoms with Crippen LogP contribution in [0, 0.1) is 0 Å². The van der Waals surface area contributed by atoms with E-state index in [0.717, 1.165) is 11.0 Å². The molecule has 3 heteroatoms. The van der Waals surface area contributed by atoms with E-state index in [1.807, 2.05) is 24.3 Å². The van der Waals surface area contributed by atoms with E-state index in [4.69, 9.17) is 9.52 Å². The molecule has 0 amide bonds. The van der Waals surface area contributed by atoms with E-state index in [2.05, 4.69) is 0 Å². The van der Waals surface area contributed by atoms with Crippen LogP contribution in [-0.2, 0) is 10.2 Å². The predicted octanol–water partition coefficient (Wildman–Crippen LogP) is 2.80. The monoisotopic (exact) mass is 204 g/mol. The van der Waals surface area contributed by atoms with Crippen LogP contribution in [-0.4, -0.2) is 11.1 Å². The fraction of sp³-hybridized carbons (Fsp3) is 0.250. The summed E-state index contributed by atoms with van der Waals surface area (Å²) in [7, 11) is 0. The molecule has 3 nitrogen and oxygen atoms in total. The Hall–Kier alpha value is -1.77. The Morgan fingerprint density at radius 3 is 2.60 bits per heavy atom. The highest BCUT2D eigenvalue weighted by molar-refractivity contribution is 5.83. The lowest BCUT2D eigenvalue weighted by atomic mass is 9.90. The van der Waals surface area contributed by atoms with Gasteiger partial charge < -0.3 is 9.52 Å². The number of hydrogen-bond acceptors (Lipinski definition) is 2. The van der Waals surface area contributed by atoms with Crippen LogP contribution in [0.15, 0.2) is 34.7 Å². The molecule has 0 radical (unpaired) electrons. The molecular weight excluding hydrogens is 192 g/mol. The summed E-state index contributed by atoms with van der Waals surface area (Å²) in [6.07, 6.45) is 0. The topological polar surface area (TPSA) is 50.4 Å². The van der Waals surface area contributed by atoms with Gasteiger partial charge in [-0.15, -0.1) is 0 Å². The van der Waals surface area contributed by atoms with Crippen LogP contribution in [0.4, 0.5) is 0 Å². The largest absolute Gasteiger partial charge is 0.481 e. The smallest absolute Gasteiger partial charge is 0.316 e.